The molecule has 1 saturated heterocycles. The normalized spacial score (nSPS) is 24.3. The molecule has 5 nitrogen and oxygen atoms in total. The summed E-state index contributed by atoms with van der Waals surface area (Å²) in [6.45, 7) is 3.77. The number of aromatic nitrogens is 3. The number of piperidine rings is 1. The molecule has 3 atom stereocenters. The molecule has 27 heavy (non-hydrogen) atoms. The minimum atomic E-state index is 0.610. The number of imidazole rings is 1. The van der Waals surface area contributed by atoms with Crippen LogP contribution in [0.25, 0.3) is 11.2 Å². The maximum Gasteiger partial charge on any atom is 0.177 e. The predicted octanol–water partition coefficient (Wildman–Crippen LogP) is 4.03. The van der Waals surface area contributed by atoms with Crippen molar-refractivity contribution in [3.63, 3.8) is 0 Å². The van der Waals surface area contributed by atoms with Crippen LogP contribution in [0.4, 0.5) is 0 Å². The van der Waals surface area contributed by atoms with Gasteiger partial charge in [0, 0.05) is 43.3 Å². The monoisotopic (exact) mass is 402 g/mol. The van der Waals surface area contributed by atoms with E-state index in [1.165, 1.54) is 0 Å². The van der Waals surface area contributed by atoms with Gasteiger partial charge in [0.25, 0.3) is 0 Å². The molecule has 1 aromatic carbocycles. The molecule has 3 aromatic rings. The summed E-state index contributed by atoms with van der Waals surface area (Å²) in [6, 6.07) is 9.36. The van der Waals surface area contributed by atoms with E-state index in [9.17, 15) is 0 Å². The van der Waals surface area contributed by atoms with Crippen molar-refractivity contribution in [2.45, 2.75) is 6.54 Å². The van der Waals surface area contributed by atoms with E-state index in [-0.39, 0.29) is 0 Å². The number of fused-ring (bicyclic) bond motifs is 2. The molecule has 1 aliphatic carbocycles. The summed E-state index contributed by atoms with van der Waals surface area (Å²) in [7, 11) is 2.06. The van der Waals surface area contributed by atoms with Crippen molar-refractivity contribution in [2.24, 2.45) is 24.8 Å². The number of benzene rings is 1. The van der Waals surface area contributed by atoms with Crippen LogP contribution in [-0.2, 0) is 13.6 Å². The van der Waals surface area contributed by atoms with E-state index in [2.05, 4.69) is 32.5 Å². The van der Waals surface area contributed by atoms with Crippen LogP contribution in [0.2, 0.25) is 10.0 Å². The molecule has 7 heteroatoms. The third kappa shape index (κ3) is 3.18. The lowest BCUT2D eigenvalue weighted by atomic mass is 10.2. The molecule has 2 aliphatic rings. The third-order valence-corrected chi connectivity index (χ3v) is 6.43. The first-order valence-electron chi connectivity index (χ1n) is 9.16. The van der Waals surface area contributed by atoms with E-state index in [4.69, 9.17) is 27.9 Å². The first-order valence-corrected chi connectivity index (χ1v) is 9.92. The zero-order valence-electron chi connectivity index (χ0n) is 15.0. The molecule has 5 rings (SSSR count). The summed E-state index contributed by atoms with van der Waals surface area (Å²) >= 11 is 12.2. The fourth-order valence-electron chi connectivity index (χ4n) is 4.30. The SMILES string of the molecule is Cn1c(CN2C[C@@H]3C(COc4cc(Cl)ccc4Cl)[C@@H]3C2)nc2ncccc21. The van der Waals surface area contributed by atoms with E-state index in [0.717, 1.165) is 36.6 Å². The fraction of sp³-hybridized carbons (Fsp3) is 0.400. The Morgan fingerprint density at radius 1 is 1.19 bits per heavy atom. The molecule has 2 fully saturated rings. The summed E-state index contributed by atoms with van der Waals surface area (Å²) in [4.78, 5) is 11.5. The van der Waals surface area contributed by atoms with Gasteiger partial charge in [0.05, 0.1) is 23.7 Å². The second kappa shape index (κ2) is 6.66. The van der Waals surface area contributed by atoms with Crippen molar-refractivity contribution in [3.05, 3.63) is 52.4 Å². The molecule has 0 N–H and O–H groups in total. The number of ether oxygens (including phenoxy) is 1. The average Bonchev–Trinajstić information content (AvgIpc) is 2.98. The van der Waals surface area contributed by atoms with Gasteiger partial charge in [0.1, 0.15) is 11.6 Å². The molecule has 1 unspecified atom stereocenters. The number of nitrogens with zero attached hydrogens (tertiary/aromatic N) is 4. The zero-order chi connectivity index (χ0) is 18.5. The van der Waals surface area contributed by atoms with Gasteiger partial charge in [-0.25, -0.2) is 9.97 Å². The van der Waals surface area contributed by atoms with Gasteiger partial charge in [-0.3, -0.25) is 4.90 Å². The average molecular weight is 403 g/mol. The van der Waals surface area contributed by atoms with Crippen LogP contribution < -0.4 is 4.74 Å². The maximum atomic E-state index is 6.18. The van der Waals surface area contributed by atoms with Gasteiger partial charge in [0.15, 0.2) is 5.65 Å². The van der Waals surface area contributed by atoms with Gasteiger partial charge in [-0.2, -0.15) is 0 Å². The Morgan fingerprint density at radius 3 is 2.78 bits per heavy atom. The Hall–Kier alpha value is -1.82. The van der Waals surface area contributed by atoms with Crippen LogP contribution in [-0.4, -0.2) is 39.1 Å². The molecule has 140 valence electrons. The van der Waals surface area contributed by atoms with Crippen LogP contribution in [0, 0.1) is 17.8 Å². The summed E-state index contributed by atoms with van der Waals surface area (Å²) in [5.41, 5.74) is 1.91. The van der Waals surface area contributed by atoms with Gasteiger partial charge >= 0.3 is 0 Å². The highest BCUT2D eigenvalue weighted by atomic mass is 35.5. The van der Waals surface area contributed by atoms with E-state index in [0.29, 0.717) is 40.2 Å². The molecular formula is C20H20Cl2N4O. The number of pyridine rings is 1. The molecule has 0 radical (unpaired) electrons. The van der Waals surface area contributed by atoms with Crippen molar-refractivity contribution >= 4 is 34.4 Å². The molecule has 0 amide bonds. The van der Waals surface area contributed by atoms with E-state index in [1.807, 2.05) is 6.07 Å². The number of hydrogen-bond acceptors (Lipinski definition) is 4. The summed E-state index contributed by atoms with van der Waals surface area (Å²) in [6.07, 6.45) is 1.79. The minimum Gasteiger partial charge on any atom is -0.492 e. The largest absolute Gasteiger partial charge is 0.492 e. The summed E-state index contributed by atoms with van der Waals surface area (Å²) in [5.74, 6) is 3.77. The van der Waals surface area contributed by atoms with Gasteiger partial charge < -0.3 is 9.30 Å². The van der Waals surface area contributed by atoms with Crippen LogP contribution >= 0.6 is 23.2 Å². The Labute approximate surface area is 167 Å². The van der Waals surface area contributed by atoms with Crippen molar-refractivity contribution < 1.29 is 4.74 Å². The topological polar surface area (TPSA) is 43.2 Å². The molecule has 1 aliphatic heterocycles. The quantitative estimate of drug-likeness (QED) is 0.645. The van der Waals surface area contributed by atoms with Crippen molar-refractivity contribution in [1.29, 1.82) is 0 Å². The minimum absolute atomic E-state index is 0.610. The van der Waals surface area contributed by atoms with Crippen molar-refractivity contribution in [3.8, 4) is 5.75 Å². The molecule has 0 spiro atoms. The lowest BCUT2D eigenvalue weighted by molar-refractivity contribution is 0.226. The smallest absolute Gasteiger partial charge is 0.177 e. The van der Waals surface area contributed by atoms with Gasteiger partial charge in [0.2, 0.25) is 0 Å². The number of aryl methyl sites for hydroxylation is 1. The van der Waals surface area contributed by atoms with E-state index in [1.54, 1.807) is 24.4 Å². The van der Waals surface area contributed by atoms with Gasteiger partial charge in [-0.05, 0) is 36.1 Å². The second-order valence-corrected chi connectivity index (χ2v) is 8.35. The predicted molar refractivity (Wildman–Crippen MR) is 106 cm³/mol. The number of halogens is 2. The second-order valence-electron chi connectivity index (χ2n) is 7.50. The zero-order valence-corrected chi connectivity index (χ0v) is 16.5. The summed E-state index contributed by atoms with van der Waals surface area (Å²) in [5, 5.41) is 1.26. The van der Waals surface area contributed by atoms with Crippen molar-refractivity contribution in [2.75, 3.05) is 19.7 Å². The van der Waals surface area contributed by atoms with Crippen LogP contribution in [0.5, 0.6) is 5.75 Å². The molecular weight excluding hydrogens is 383 g/mol. The van der Waals surface area contributed by atoms with Crippen LogP contribution in [0.3, 0.4) is 0 Å². The molecule has 2 aromatic heterocycles. The Kier molecular flexibility index (Phi) is 4.26. The number of hydrogen-bond donors (Lipinski definition) is 0. The highest BCUT2D eigenvalue weighted by molar-refractivity contribution is 6.34. The lowest BCUT2D eigenvalue weighted by Crippen LogP contribution is -2.26. The number of likely N-dealkylation sites (tertiary alicyclic amines) is 1. The summed E-state index contributed by atoms with van der Waals surface area (Å²) < 4.78 is 8.08. The lowest BCUT2D eigenvalue weighted by Gasteiger charge is -2.19. The Morgan fingerprint density at radius 2 is 2.00 bits per heavy atom. The molecule has 1 saturated carbocycles. The first kappa shape index (κ1) is 17.3. The molecule has 3 heterocycles. The van der Waals surface area contributed by atoms with Crippen LogP contribution in [0.1, 0.15) is 5.82 Å². The standard InChI is InChI=1S/C20H20Cl2N4O/c1-25-17-3-2-6-23-20(17)24-19(25)10-26-8-13-14(9-26)15(13)11-27-18-7-12(21)4-5-16(18)22/h2-7,13-15H,8-11H2,1H3/t13-,14+,15?. The van der Waals surface area contributed by atoms with Gasteiger partial charge in [-0.15, -0.1) is 0 Å². The Balaban J connectivity index is 1.17. The first-order chi connectivity index (χ1) is 13.1. The van der Waals surface area contributed by atoms with Crippen LogP contribution in [0.15, 0.2) is 36.5 Å². The molecule has 0 bridgehead atoms. The number of rotatable bonds is 5. The highest BCUT2D eigenvalue weighted by Crippen LogP contribution is 2.52. The highest BCUT2D eigenvalue weighted by Gasteiger charge is 2.55. The van der Waals surface area contributed by atoms with E-state index >= 15 is 0 Å². The third-order valence-electron chi connectivity index (χ3n) is 5.89. The van der Waals surface area contributed by atoms with E-state index < -0.39 is 0 Å². The van der Waals surface area contributed by atoms with Crippen molar-refractivity contribution in [1.82, 2.24) is 19.4 Å². The Bertz CT molecular complexity index is 993. The van der Waals surface area contributed by atoms with Gasteiger partial charge in [-0.1, -0.05) is 23.2 Å². The maximum absolute atomic E-state index is 6.18. The fourth-order valence-corrected chi connectivity index (χ4v) is 4.64.